The van der Waals surface area contributed by atoms with Crippen LogP contribution in [0.1, 0.15) is 17.3 Å². The first kappa shape index (κ1) is 24.3. The number of benzene rings is 2. The molecule has 168 valence electrons. The lowest BCUT2D eigenvalue weighted by molar-refractivity contribution is -0.123. The SMILES string of the molecule is C[C@@H](OC(=O)c1ccccc1NS(C)(=O)=O)C(=O)Nc1cccc(S(=O)(=O)N(C)C)c1. The molecule has 1 amide bonds. The lowest BCUT2D eigenvalue weighted by Gasteiger charge is -2.16. The molecule has 0 aromatic heterocycles. The third-order valence-electron chi connectivity index (χ3n) is 3.98. The largest absolute Gasteiger partial charge is 0.449 e. The lowest BCUT2D eigenvalue weighted by Crippen LogP contribution is -2.30. The van der Waals surface area contributed by atoms with E-state index in [2.05, 4.69) is 10.0 Å². The van der Waals surface area contributed by atoms with Gasteiger partial charge in [0.2, 0.25) is 20.0 Å². The number of nitrogens with one attached hydrogen (secondary N) is 2. The first-order valence-corrected chi connectivity index (χ1v) is 12.3. The van der Waals surface area contributed by atoms with E-state index in [1.165, 1.54) is 69.6 Å². The number of carbonyl (C=O) groups is 2. The first-order valence-electron chi connectivity index (χ1n) is 8.92. The number of sulfonamides is 2. The highest BCUT2D eigenvalue weighted by atomic mass is 32.2. The Kier molecular flexibility index (Phi) is 7.41. The Morgan fingerprint density at radius 3 is 2.26 bits per heavy atom. The highest BCUT2D eigenvalue weighted by Gasteiger charge is 2.23. The third kappa shape index (κ3) is 6.51. The van der Waals surface area contributed by atoms with Crippen LogP contribution in [0, 0.1) is 0 Å². The number of rotatable bonds is 8. The van der Waals surface area contributed by atoms with Crippen LogP contribution in [0.3, 0.4) is 0 Å². The molecular weight excluding hydrogens is 446 g/mol. The van der Waals surface area contributed by atoms with Crippen molar-refractivity contribution >= 4 is 43.3 Å². The zero-order valence-electron chi connectivity index (χ0n) is 17.3. The second-order valence-electron chi connectivity index (χ2n) is 6.77. The van der Waals surface area contributed by atoms with Crippen LogP contribution in [0.15, 0.2) is 53.4 Å². The zero-order chi connectivity index (χ0) is 23.4. The van der Waals surface area contributed by atoms with Gasteiger partial charge in [0.25, 0.3) is 5.91 Å². The van der Waals surface area contributed by atoms with Crippen LogP contribution in [0.5, 0.6) is 0 Å². The Morgan fingerprint density at radius 2 is 1.65 bits per heavy atom. The van der Waals surface area contributed by atoms with Crippen LogP contribution >= 0.6 is 0 Å². The maximum atomic E-state index is 12.5. The summed E-state index contributed by atoms with van der Waals surface area (Å²) in [6, 6.07) is 11.4. The summed E-state index contributed by atoms with van der Waals surface area (Å²) in [6.45, 7) is 1.33. The second kappa shape index (κ2) is 9.45. The van der Waals surface area contributed by atoms with Gasteiger partial charge >= 0.3 is 5.97 Å². The lowest BCUT2D eigenvalue weighted by atomic mass is 10.2. The molecule has 0 radical (unpaired) electrons. The van der Waals surface area contributed by atoms with E-state index >= 15 is 0 Å². The Bertz CT molecular complexity index is 1190. The summed E-state index contributed by atoms with van der Waals surface area (Å²) in [5.74, 6) is -1.60. The Balaban J connectivity index is 2.13. The number of anilines is 2. The normalized spacial score (nSPS) is 12.8. The van der Waals surface area contributed by atoms with Crippen molar-refractivity contribution in [3.8, 4) is 0 Å². The quantitative estimate of drug-likeness (QED) is 0.559. The topological polar surface area (TPSA) is 139 Å². The molecule has 0 aliphatic carbocycles. The van der Waals surface area contributed by atoms with Crippen LogP contribution in [0.4, 0.5) is 11.4 Å². The summed E-state index contributed by atoms with van der Waals surface area (Å²) in [7, 11) is -4.55. The fraction of sp³-hybridized carbons (Fsp3) is 0.263. The molecule has 2 aromatic rings. The van der Waals surface area contributed by atoms with E-state index < -0.39 is 38.0 Å². The van der Waals surface area contributed by atoms with Crippen molar-refractivity contribution in [3.05, 3.63) is 54.1 Å². The number of hydrogen-bond acceptors (Lipinski definition) is 7. The number of para-hydroxylation sites is 1. The van der Waals surface area contributed by atoms with Gasteiger partial charge in [-0.3, -0.25) is 9.52 Å². The molecule has 0 saturated carbocycles. The monoisotopic (exact) mass is 469 g/mol. The van der Waals surface area contributed by atoms with Crippen molar-refractivity contribution in [2.75, 3.05) is 30.4 Å². The molecule has 1 atom stereocenters. The number of carbonyl (C=O) groups excluding carboxylic acids is 2. The minimum atomic E-state index is -3.69. The van der Waals surface area contributed by atoms with Crippen LogP contribution < -0.4 is 10.0 Å². The standard InChI is InChI=1S/C19H23N3O7S2/c1-13(29-19(24)16-10-5-6-11-17(16)21-30(4,25)26)18(23)20-14-8-7-9-15(12-14)31(27,28)22(2)3/h5-13,21H,1-4H3,(H,20,23)/t13-/m1/s1. The molecule has 0 spiro atoms. The predicted molar refractivity (Wildman–Crippen MR) is 116 cm³/mol. The Morgan fingerprint density at radius 1 is 1.00 bits per heavy atom. The molecule has 0 unspecified atom stereocenters. The second-order valence-corrected chi connectivity index (χ2v) is 10.7. The van der Waals surface area contributed by atoms with Crippen LogP contribution in [-0.4, -0.2) is 59.5 Å². The molecule has 31 heavy (non-hydrogen) atoms. The average molecular weight is 470 g/mol. The van der Waals surface area contributed by atoms with Crippen molar-refractivity contribution in [2.45, 2.75) is 17.9 Å². The summed E-state index contributed by atoms with van der Waals surface area (Å²) in [5.41, 5.74) is 0.158. The van der Waals surface area contributed by atoms with E-state index in [4.69, 9.17) is 4.74 Å². The Hall–Kier alpha value is -2.96. The van der Waals surface area contributed by atoms with Gasteiger partial charge in [0.15, 0.2) is 6.10 Å². The molecule has 0 fully saturated rings. The van der Waals surface area contributed by atoms with E-state index in [0.29, 0.717) is 0 Å². The number of esters is 1. The maximum Gasteiger partial charge on any atom is 0.341 e. The fourth-order valence-electron chi connectivity index (χ4n) is 2.42. The maximum absolute atomic E-state index is 12.5. The highest BCUT2D eigenvalue weighted by Crippen LogP contribution is 2.20. The Labute approximate surface area is 181 Å². The van der Waals surface area contributed by atoms with Gasteiger partial charge in [0.05, 0.1) is 22.4 Å². The minimum Gasteiger partial charge on any atom is -0.449 e. The summed E-state index contributed by atoms with van der Waals surface area (Å²) in [6.07, 6.45) is -0.302. The summed E-state index contributed by atoms with van der Waals surface area (Å²) in [4.78, 5) is 24.9. The third-order valence-corrected chi connectivity index (χ3v) is 6.38. The van der Waals surface area contributed by atoms with Crippen molar-refractivity contribution in [1.82, 2.24) is 4.31 Å². The van der Waals surface area contributed by atoms with Crippen LogP contribution in [-0.2, 0) is 29.6 Å². The number of ether oxygens (including phenoxy) is 1. The smallest absolute Gasteiger partial charge is 0.341 e. The molecule has 0 saturated heterocycles. The van der Waals surface area contributed by atoms with Crippen molar-refractivity contribution in [1.29, 1.82) is 0 Å². The molecule has 0 bridgehead atoms. The van der Waals surface area contributed by atoms with Crippen molar-refractivity contribution in [3.63, 3.8) is 0 Å². The average Bonchev–Trinajstić information content (AvgIpc) is 2.67. The molecule has 12 heteroatoms. The molecule has 0 heterocycles. The number of amides is 1. The van der Waals surface area contributed by atoms with E-state index in [1.54, 1.807) is 0 Å². The summed E-state index contributed by atoms with van der Waals surface area (Å²) >= 11 is 0. The summed E-state index contributed by atoms with van der Waals surface area (Å²) in [5, 5.41) is 2.49. The first-order chi connectivity index (χ1) is 14.3. The molecule has 2 N–H and O–H groups in total. The molecule has 0 aliphatic rings. The fourth-order valence-corrected chi connectivity index (χ4v) is 3.94. The van der Waals surface area contributed by atoms with E-state index in [1.807, 2.05) is 0 Å². The van der Waals surface area contributed by atoms with Gasteiger partial charge in [-0.2, -0.15) is 0 Å². The van der Waals surface area contributed by atoms with Gasteiger partial charge in [-0.1, -0.05) is 18.2 Å². The van der Waals surface area contributed by atoms with Crippen LogP contribution in [0.25, 0.3) is 0 Å². The highest BCUT2D eigenvalue weighted by molar-refractivity contribution is 7.92. The minimum absolute atomic E-state index is 0.0132. The van der Waals surface area contributed by atoms with E-state index in [0.717, 1.165) is 10.6 Å². The van der Waals surface area contributed by atoms with Crippen molar-refractivity contribution < 1.29 is 31.2 Å². The molecule has 0 aliphatic heterocycles. The number of nitrogens with zero attached hydrogens (tertiary/aromatic N) is 1. The van der Waals surface area contributed by atoms with Gasteiger partial charge in [-0.25, -0.2) is 25.9 Å². The van der Waals surface area contributed by atoms with Gasteiger partial charge < -0.3 is 10.1 Å². The van der Waals surface area contributed by atoms with E-state index in [-0.39, 0.29) is 21.8 Å². The van der Waals surface area contributed by atoms with Crippen molar-refractivity contribution in [2.24, 2.45) is 0 Å². The predicted octanol–water partition coefficient (Wildman–Crippen LogP) is 1.49. The zero-order valence-corrected chi connectivity index (χ0v) is 19.0. The molecule has 10 nitrogen and oxygen atoms in total. The molecular formula is C19H23N3O7S2. The van der Waals surface area contributed by atoms with E-state index in [9.17, 15) is 26.4 Å². The molecule has 2 aromatic carbocycles. The van der Waals surface area contributed by atoms with Gasteiger partial charge in [0, 0.05) is 19.8 Å². The van der Waals surface area contributed by atoms with Gasteiger partial charge in [-0.15, -0.1) is 0 Å². The van der Waals surface area contributed by atoms with Crippen LogP contribution in [0.2, 0.25) is 0 Å². The summed E-state index contributed by atoms with van der Waals surface area (Å²) < 4.78 is 55.8. The van der Waals surface area contributed by atoms with Gasteiger partial charge in [0.1, 0.15) is 0 Å². The number of hydrogen-bond donors (Lipinski definition) is 2. The van der Waals surface area contributed by atoms with Gasteiger partial charge in [-0.05, 0) is 37.3 Å². The molecule has 2 rings (SSSR count).